The summed E-state index contributed by atoms with van der Waals surface area (Å²) in [5, 5.41) is 0. The number of hydrogen-bond acceptors (Lipinski definition) is 1. The van der Waals surface area contributed by atoms with Crippen molar-refractivity contribution in [2.24, 2.45) is 0 Å². The van der Waals surface area contributed by atoms with E-state index in [9.17, 15) is 22.0 Å². The van der Waals surface area contributed by atoms with Crippen molar-refractivity contribution in [2.75, 3.05) is 0 Å². The lowest BCUT2D eigenvalue weighted by Gasteiger charge is -2.18. The highest BCUT2D eigenvalue weighted by atomic mass is 79.9. The summed E-state index contributed by atoms with van der Waals surface area (Å²) in [5.41, 5.74) is -0.508. The van der Waals surface area contributed by atoms with Crippen molar-refractivity contribution in [3.63, 3.8) is 0 Å². The smallest absolute Gasteiger partial charge is 0.426 e. The summed E-state index contributed by atoms with van der Waals surface area (Å²) in [6, 6.07) is 5.59. The van der Waals surface area contributed by atoms with Crippen molar-refractivity contribution in [3.8, 4) is 5.75 Å². The van der Waals surface area contributed by atoms with Crippen LogP contribution in [0.15, 0.2) is 40.9 Å². The van der Waals surface area contributed by atoms with Gasteiger partial charge in [0, 0.05) is 16.6 Å². The fraction of sp³-hybridized carbons (Fsp3) is 0.0769. The number of benzene rings is 2. The highest BCUT2D eigenvalue weighted by Crippen LogP contribution is 2.33. The minimum Gasteiger partial charge on any atom is -0.429 e. The molecule has 0 saturated carbocycles. The topological polar surface area (TPSA) is 9.23 Å². The van der Waals surface area contributed by atoms with E-state index in [2.05, 4.69) is 20.7 Å². The van der Waals surface area contributed by atoms with Gasteiger partial charge in [-0.25, -0.2) is 13.2 Å². The first-order valence-corrected chi connectivity index (χ1v) is 6.06. The summed E-state index contributed by atoms with van der Waals surface area (Å²) < 4.78 is 70.9. The highest BCUT2D eigenvalue weighted by Gasteiger charge is 2.35. The molecule has 0 fully saturated rings. The van der Waals surface area contributed by atoms with Crippen molar-refractivity contribution < 1.29 is 26.7 Å². The molecule has 2 aromatic carbocycles. The Bertz CT molecular complexity index is 604. The van der Waals surface area contributed by atoms with E-state index < -0.39 is 34.9 Å². The van der Waals surface area contributed by atoms with Crippen molar-refractivity contribution in [3.05, 3.63) is 63.9 Å². The molecule has 0 aliphatic rings. The minimum atomic E-state index is -3.81. The zero-order chi connectivity index (χ0) is 14.9. The van der Waals surface area contributed by atoms with Crippen molar-refractivity contribution >= 4 is 15.9 Å². The van der Waals surface area contributed by atoms with Crippen molar-refractivity contribution in [1.82, 2.24) is 0 Å². The monoisotopic (exact) mass is 352 g/mol. The normalized spacial score (nSPS) is 11.5. The molecule has 2 aromatic rings. The summed E-state index contributed by atoms with van der Waals surface area (Å²) in [7, 11) is 0. The Labute approximate surface area is 119 Å². The summed E-state index contributed by atoms with van der Waals surface area (Å²) in [4.78, 5) is 0. The van der Waals surface area contributed by atoms with E-state index in [1.165, 1.54) is 12.1 Å². The van der Waals surface area contributed by atoms with Crippen LogP contribution in [0.3, 0.4) is 0 Å². The molecular formula is C13H6BrF5O. The molecule has 0 bridgehead atoms. The second kappa shape index (κ2) is 5.40. The fourth-order valence-electron chi connectivity index (χ4n) is 1.44. The van der Waals surface area contributed by atoms with E-state index in [1.807, 2.05) is 0 Å². The molecule has 0 heterocycles. The van der Waals surface area contributed by atoms with Crippen LogP contribution in [0, 0.1) is 17.5 Å². The Hall–Kier alpha value is -1.63. The molecule has 0 aliphatic carbocycles. The average Bonchev–Trinajstić information content (AvgIpc) is 2.36. The Morgan fingerprint density at radius 1 is 0.900 bits per heavy atom. The maximum atomic E-state index is 13.8. The maximum Gasteiger partial charge on any atom is 0.426 e. The van der Waals surface area contributed by atoms with E-state index in [4.69, 9.17) is 0 Å². The van der Waals surface area contributed by atoms with Crippen LogP contribution in [-0.4, -0.2) is 0 Å². The molecular weight excluding hydrogens is 347 g/mol. The lowest BCUT2D eigenvalue weighted by Crippen LogP contribution is -2.22. The molecule has 0 aliphatic heterocycles. The molecule has 0 spiro atoms. The van der Waals surface area contributed by atoms with E-state index in [0.717, 1.165) is 12.1 Å². The minimum absolute atomic E-state index is 0.352. The average molecular weight is 353 g/mol. The Kier molecular flexibility index (Phi) is 3.99. The number of ether oxygens (including phenoxy) is 1. The van der Waals surface area contributed by atoms with Gasteiger partial charge in [-0.1, -0.05) is 15.9 Å². The summed E-state index contributed by atoms with van der Waals surface area (Å²) in [6.07, 6.45) is -3.81. The van der Waals surface area contributed by atoms with Gasteiger partial charge in [0.1, 0.15) is 5.75 Å². The molecule has 1 nitrogen and oxygen atoms in total. The molecule has 0 radical (unpaired) electrons. The van der Waals surface area contributed by atoms with Crippen LogP contribution in [0.1, 0.15) is 5.56 Å². The maximum absolute atomic E-state index is 13.8. The Morgan fingerprint density at radius 2 is 1.40 bits per heavy atom. The van der Waals surface area contributed by atoms with Gasteiger partial charge in [-0.05, 0) is 24.3 Å². The summed E-state index contributed by atoms with van der Waals surface area (Å²) in [6.45, 7) is 0. The zero-order valence-corrected chi connectivity index (χ0v) is 11.2. The van der Waals surface area contributed by atoms with Crippen LogP contribution in [0.5, 0.6) is 5.75 Å². The second-order valence-electron chi connectivity index (χ2n) is 3.83. The lowest BCUT2D eigenvalue weighted by atomic mass is 10.2. The first kappa shape index (κ1) is 14.8. The van der Waals surface area contributed by atoms with Gasteiger partial charge in [0.2, 0.25) is 0 Å². The van der Waals surface area contributed by atoms with Crippen LogP contribution in [0.4, 0.5) is 22.0 Å². The largest absolute Gasteiger partial charge is 0.429 e. The molecule has 20 heavy (non-hydrogen) atoms. The molecule has 0 N–H and O–H groups in total. The number of halogens is 6. The van der Waals surface area contributed by atoms with Gasteiger partial charge in [0.15, 0.2) is 17.5 Å². The predicted octanol–water partition coefficient (Wildman–Crippen LogP) is 4.99. The van der Waals surface area contributed by atoms with Crippen LogP contribution in [0.2, 0.25) is 0 Å². The zero-order valence-electron chi connectivity index (χ0n) is 9.64. The third-order valence-electron chi connectivity index (χ3n) is 2.38. The Balaban J connectivity index is 2.30. The molecule has 0 amide bonds. The van der Waals surface area contributed by atoms with Crippen LogP contribution >= 0.6 is 15.9 Å². The third kappa shape index (κ3) is 3.09. The standard InChI is InChI=1S/C13H6BrF5O/c14-8-3-1-7(2-4-8)13(18,19)20-9-5-10(15)12(17)11(16)6-9/h1-6H. The summed E-state index contributed by atoms with van der Waals surface area (Å²) in [5.74, 6) is -5.77. The van der Waals surface area contributed by atoms with Gasteiger partial charge in [-0.2, -0.15) is 8.78 Å². The predicted molar refractivity (Wildman–Crippen MR) is 65.0 cm³/mol. The van der Waals surface area contributed by atoms with Crippen LogP contribution in [0.25, 0.3) is 0 Å². The molecule has 2 rings (SSSR count). The molecule has 0 saturated heterocycles. The number of hydrogen-bond donors (Lipinski definition) is 0. The molecule has 106 valence electrons. The van der Waals surface area contributed by atoms with E-state index in [1.54, 1.807) is 0 Å². The van der Waals surface area contributed by atoms with Crippen LogP contribution in [-0.2, 0) is 6.11 Å². The quantitative estimate of drug-likeness (QED) is 0.558. The van der Waals surface area contributed by atoms with E-state index in [-0.39, 0.29) is 0 Å². The number of rotatable bonds is 3. The van der Waals surface area contributed by atoms with Gasteiger partial charge < -0.3 is 4.74 Å². The van der Waals surface area contributed by atoms with Crippen molar-refractivity contribution in [2.45, 2.75) is 6.11 Å². The third-order valence-corrected chi connectivity index (χ3v) is 2.91. The molecule has 0 unspecified atom stereocenters. The number of alkyl halides is 2. The molecule has 0 atom stereocenters. The first-order valence-electron chi connectivity index (χ1n) is 5.27. The van der Waals surface area contributed by atoms with Gasteiger partial charge in [-0.3, -0.25) is 0 Å². The van der Waals surface area contributed by atoms with Crippen LogP contribution < -0.4 is 4.74 Å². The van der Waals surface area contributed by atoms with E-state index in [0.29, 0.717) is 16.6 Å². The second-order valence-corrected chi connectivity index (χ2v) is 4.74. The fourth-order valence-corrected chi connectivity index (χ4v) is 1.71. The first-order chi connectivity index (χ1) is 9.29. The molecule has 0 aromatic heterocycles. The Morgan fingerprint density at radius 3 is 1.90 bits per heavy atom. The summed E-state index contributed by atoms with van der Waals surface area (Å²) >= 11 is 3.08. The van der Waals surface area contributed by atoms with E-state index >= 15 is 0 Å². The SMILES string of the molecule is Fc1cc(OC(F)(F)c2ccc(Br)cc2)cc(F)c1F. The lowest BCUT2D eigenvalue weighted by molar-refractivity contribution is -0.185. The highest BCUT2D eigenvalue weighted by molar-refractivity contribution is 9.10. The van der Waals surface area contributed by atoms with Gasteiger partial charge in [0.05, 0.1) is 5.56 Å². The molecule has 7 heteroatoms. The van der Waals surface area contributed by atoms with Gasteiger partial charge in [-0.15, -0.1) is 0 Å². The van der Waals surface area contributed by atoms with Gasteiger partial charge >= 0.3 is 6.11 Å². The van der Waals surface area contributed by atoms with Gasteiger partial charge in [0.25, 0.3) is 0 Å². The van der Waals surface area contributed by atoms with Crippen molar-refractivity contribution in [1.29, 1.82) is 0 Å².